The van der Waals surface area contributed by atoms with Crippen LogP contribution in [-0.2, 0) is 6.54 Å². The van der Waals surface area contributed by atoms with E-state index in [9.17, 15) is 4.79 Å². The summed E-state index contributed by atoms with van der Waals surface area (Å²) in [4.78, 5) is 18.9. The van der Waals surface area contributed by atoms with Gasteiger partial charge in [0.1, 0.15) is 5.52 Å². The van der Waals surface area contributed by atoms with E-state index < -0.39 is 0 Å². The van der Waals surface area contributed by atoms with Crippen molar-refractivity contribution in [1.29, 1.82) is 0 Å². The topological polar surface area (TPSA) is 46.3 Å². The van der Waals surface area contributed by atoms with E-state index in [1.807, 2.05) is 42.5 Å². The molecule has 0 saturated heterocycles. The Morgan fingerprint density at radius 1 is 0.963 bits per heavy atom. The summed E-state index contributed by atoms with van der Waals surface area (Å²) in [6.07, 6.45) is 0. The molecule has 27 heavy (non-hydrogen) atoms. The van der Waals surface area contributed by atoms with Crippen LogP contribution in [0.15, 0.2) is 65.1 Å². The lowest BCUT2D eigenvalue weighted by molar-refractivity contribution is 0.0996. The zero-order valence-electron chi connectivity index (χ0n) is 13.9. The fraction of sp³-hybridized carbons (Fsp3) is 0.0476. The number of halogens is 2. The van der Waals surface area contributed by atoms with Crippen LogP contribution in [0.5, 0.6) is 0 Å². The summed E-state index contributed by atoms with van der Waals surface area (Å²) < 4.78 is 5.91. The Labute approximate surface area is 164 Å². The molecule has 3 aromatic carbocycles. The van der Waals surface area contributed by atoms with E-state index in [0.29, 0.717) is 39.1 Å². The van der Waals surface area contributed by atoms with Crippen LogP contribution in [0.2, 0.25) is 10.0 Å². The maximum absolute atomic E-state index is 12.7. The molecule has 6 heteroatoms. The van der Waals surface area contributed by atoms with Crippen LogP contribution in [-0.4, -0.2) is 10.9 Å². The zero-order valence-corrected chi connectivity index (χ0v) is 15.5. The van der Waals surface area contributed by atoms with Gasteiger partial charge in [0.2, 0.25) is 5.89 Å². The molecule has 0 atom stereocenters. The van der Waals surface area contributed by atoms with Crippen LogP contribution in [0, 0.1) is 0 Å². The van der Waals surface area contributed by atoms with E-state index in [4.69, 9.17) is 27.6 Å². The number of amides is 1. The third-order valence-corrected chi connectivity index (χ3v) is 5.21. The summed E-state index contributed by atoms with van der Waals surface area (Å²) in [5.74, 6) is 0.408. The number of benzene rings is 3. The molecule has 132 valence electrons. The maximum Gasteiger partial charge on any atom is 0.258 e. The number of nitrogens with zero attached hydrogens (tertiary/aromatic N) is 2. The number of hydrogen-bond acceptors (Lipinski definition) is 3. The van der Waals surface area contributed by atoms with Gasteiger partial charge in [0, 0.05) is 22.3 Å². The molecule has 4 nitrogen and oxygen atoms in total. The summed E-state index contributed by atoms with van der Waals surface area (Å²) >= 11 is 12.2. The van der Waals surface area contributed by atoms with E-state index in [2.05, 4.69) is 4.98 Å². The number of oxazole rings is 1. The Balaban J connectivity index is 1.54. The van der Waals surface area contributed by atoms with Crippen LogP contribution in [0.1, 0.15) is 15.9 Å². The minimum absolute atomic E-state index is 0.00886. The van der Waals surface area contributed by atoms with Crippen molar-refractivity contribution in [1.82, 2.24) is 4.98 Å². The summed E-state index contributed by atoms with van der Waals surface area (Å²) in [7, 11) is 0. The monoisotopic (exact) mass is 394 g/mol. The van der Waals surface area contributed by atoms with E-state index in [-0.39, 0.29) is 5.91 Å². The summed E-state index contributed by atoms with van der Waals surface area (Å²) in [5.41, 5.74) is 4.50. The number of carbonyl (C=O) groups excluding carboxylic acids is 1. The van der Waals surface area contributed by atoms with Crippen molar-refractivity contribution in [3.63, 3.8) is 0 Å². The van der Waals surface area contributed by atoms with Gasteiger partial charge < -0.3 is 9.32 Å². The predicted octanol–water partition coefficient (Wildman–Crippen LogP) is 5.96. The second-order valence-electron chi connectivity index (χ2n) is 6.34. The Bertz CT molecular complexity index is 1220. The number of fused-ring (bicyclic) bond motifs is 2. The van der Waals surface area contributed by atoms with Crippen molar-refractivity contribution in [2.45, 2.75) is 6.54 Å². The molecule has 5 rings (SSSR count). The first-order valence-corrected chi connectivity index (χ1v) is 9.11. The molecule has 0 bridgehead atoms. The van der Waals surface area contributed by atoms with Crippen LogP contribution in [0.3, 0.4) is 0 Å². The van der Waals surface area contributed by atoms with Gasteiger partial charge in [-0.2, -0.15) is 0 Å². The molecule has 1 aromatic heterocycles. The van der Waals surface area contributed by atoms with E-state index >= 15 is 0 Å². The lowest BCUT2D eigenvalue weighted by Crippen LogP contribution is -2.22. The average Bonchev–Trinajstić information content (AvgIpc) is 3.22. The summed E-state index contributed by atoms with van der Waals surface area (Å²) in [6.45, 7) is 0.546. The molecule has 0 saturated carbocycles. The quantitative estimate of drug-likeness (QED) is 0.421. The van der Waals surface area contributed by atoms with Crippen molar-refractivity contribution in [3.8, 4) is 11.5 Å². The van der Waals surface area contributed by atoms with E-state index in [0.717, 1.165) is 16.8 Å². The first-order chi connectivity index (χ1) is 13.1. The zero-order chi connectivity index (χ0) is 18.5. The van der Waals surface area contributed by atoms with E-state index in [1.54, 1.807) is 23.1 Å². The third kappa shape index (κ3) is 2.69. The van der Waals surface area contributed by atoms with Crippen molar-refractivity contribution in [3.05, 3.63) is 81.8 Å². The van der Waals surface area contributed by atoms with Crippen molar-refractivity contribution in [2.24, 2.45) is 0 Å². The molecule has 1 amide bonds. The SMILES string of the molecule is O=C1c2ccccc2CN1c1ccc2nc(-c3ccc(Cl)cc3Cl)oc2c1. The summed E-state index contributed by atoms with van der Waals surface area (Å²) in [5, 5.41) is 1.02. The van der Waals surface area contributed by atoms with Crippen LogP contribution < -0.4 is 4.90 Å². The van der Waals surface area contributed by atoms with Gasteiger partial charge in [0.15, 0.2) is 5.58 Å². The van der Waals surface area contributed by atoms with Gasteiger partial charge in [-0.05, 0) is 42.0 Å². The normalized spacial score (nSPS) is 13.4. The number of rotatable bonds is 2. The van der Waals surface area contributed by atoms with Gasteiger partial charge >= 0.3 is 0 Å². The van der Waals surface area contributed by atoms with E-state index in [1.165, 1.54) is 0 Å². The summed E-state index contributed by atoms with van der Waals surface area (Å²) in [6, 6.07) is 18.4. The minimum Gasteiger partial charge on any atom is -0.436 e. The van der Waals surface area contributed by atoms with Crippen molar-refractivity contribution >= 4 is 45.9 Å². The Hall–Kier alpha value is -2.82. The Morgan fingerprint density at radius 3 is 2.63 bits per heavy atom. The highest BCUT2D eigenvalue weighted by Gasteiger charge is 2.28. The molecule has 0 aliphatic carbocycles. The second-order valence-corrected chi connectivity index (χ2v) is 7.19. The Kier molecular flexibility index (Phi) is 3.71. The second kappa shape index (κ2) is 6.12. The standard InChI is InChI=1S/C21H12Cl2N2O2/c22-13-5-7-16(17(23)9-13)20-24-18-8-6-14(10-19(18)27-20)25-11-12-3-1-2-4-15(12)21(25)26/h1-10H,11H2. The predicted molar refractivity (Wildman–Crippen MR) is 106 cm³/mol. The molecular weight excluding hydrogens is 383 g/mol. The fourth-order valence-corrected chi connectivity index (χ4v) is 3.81. The highest BCUT2D eigenvalue weighted by Crippen LogP contribution is 2.34. The molecule has 1 aliphatic rings. The fourth-order valence-electron chi connectivity index (χ4n) is 3.32. The maximum atomic E-state index is 12.7. The van der Waals surface area contributed by atoms with Gasteiger partial charge in [-0.1, -0.05) is 41.4 Å². The molecule has 0 N–H and O–H groups in total. The molecule has 0 spiro atoms. The van der Waals surface area contributed by atoms with Crippen LogP contribution in [0.4, 0.5) is 5.69 Å². The average molecular weight is 395 g/mol. The molecule has 2 heterocycles. The van der Waals surface area contributed by atoms with Gasteiger partial charge in [-0.25, -0.2) is 4.98 Å². The molecule has 4 aromatic rings. The number of hydrogen-bond donors (Lipinski definition) is 0. The lowest BCUT2D eigenvalue weighted by Gasteiger charge is -2.15. The van der Waals surface area contributed by atoms with Crippen LogP contribution >= 0.6 is 23.2 Å². The van der Waals surface area contributed by atoms with Crippen LogP contribution in [0.25, 0.3) is 22.6 Å². The first kappa shape index (κ1) is 16.4. The highest BCUT2D eigenvalue weighted by atomic mass is 35.5. The number of aromatic nitrogens is 1. The minimum atomic E-state index is -0.00886. The highest BCUT2D eigenvalue weighted by molar-refractivity contribution is 6.36. The van der Waals surface area contributed by atoms with Gasteiger partial charge in [-0.15, -0.1) is 0 Å². The first-order valence-electron chi connectivity index (χ1n) is 8.36. The largest absolute Gasteiger partial charge is 0.436 e. The molecule has 0 unspecified atom stereocenters. The van der Waals surface area contributed by atoms with Gasteiger partial charge in [0.25, 0.3) is 5.91 Å². The van der Waals surface area contributed by atoms with Crippen molar-refractivity contribution in [2.75, 3.05) is 4.90 Å². The molecule has 0 radical (unpaired) electrons. The number of carbonyl (C=O) groups is 1. The molecule has 1 aliphatic heterocycles. The lowest BCUT2D eigenvalue weighted by atomic mass is 10.1. The molecular formula is C21H12Cl2N2O2. The number of anilines is 1. The van der Waals surface area contributed by atoms with Gasteiger partial charge in [0.05, 0.1) is 17.1 Å². The third-order valence-electron chi connectivity index (χ3n) is 4.67. The van der Waals surface area contributed by atoms with Gasteiger partial charge in [-0.3, -0.25) is 4.79 Å². The smallest absolute Gasteiger partial charge is 0.258 e. The Morgan fingerprint density at radius 2 is 1.81 bits per heavy atom. The van der Waals surface area contributed by atoms with Crippen molar-refractivity contribution < 1.29 is 9.21 Å². The molecule has 0 fully saturated rings.